The fraction of sp³-hybridized carbons (Fsp3) is 0.312. The predicted molar refractivity (Wildman–Crippen MR) is 96.9 cm³/mol. The minimum absolute atomic E-state index is 0.0376. The van der Waals surface area contributed by atoms with E-state index in [1.165, 1.54) is 10.6 Å². The quantitative estimate of drug-likeness (QED) is 0.313. The molecule has 28 heavy (non-hydrogen) atoms. The van der Waals surface area contributed by atoms with Gasteiger partial charge in [-0.05, 0) is 25.0 Å². The second-order valence-corrected chi connectivity index (χ2v) is 7.61. The number of carbonyl (C=O) groups is 2. The van der Waals surface area contributed by atoms with Gasteiger partial charge >= 0.3 is 0 Å². The Labute approximate surface area is 158 Å². The molecule has 0 unspecified atom stereocenters. The average molecular weight is 416 g/mol. The summed E-state index contributed by atoms with van der Waals surface area (Å²) in [6.07, 6.45) is 2.17. The van der Waals surface area contributed by atoms with Crippen LogP contribution in [0.4, 0.5) is 8.78 Å². The number of hydrogen-bond acceptors (Lipinski definition) is 5. The molecular formula is C16H18F2N4O5S. The number of carbonyl (C=O) groups excluding carboxylic acids is 2. The van der Waals surface area contributed by atoms with Gasteiger partial charge in [-0.2, -0.15) is 8.42 Å². The third-order valence-electron chi connectivity index (χ3n) is 3.89. The lowest BCUT2D eigenvalue weighted by atomic mass is 10.0. The summed E-state index contributed by atoms with van der Waals surface area (Å²) < 4.78 is 55.3. The molecule has 1 aromatic heterocycles. The van der Waals surface area contributed by atoms with Crippen LogP contribution in [0.2, 0.25) is 0 Å². The van der Waals surface area contributed by atoms with Crippen molar-refractivity contribution in [1.29, 1.82) is 5.41 Å². The number of halogens is 2. The van der Waals surface area contributed by atoms with Gasteiger partial charge in [0.25, 0.3) is 16.0 Å². The fourth-order valence-corrected chi connectivity index (χ4v) is 2.90. The molecule has 0 bridgehead atoms. The Balaban J connectivity index is 0.000000500. The molecule has 1 amide bonds. The van der Waals surface area contributed by atoms with E-state index in [4.69, 9.17) is 15.7 Å². The maximum absolute atomic E-state index is 14.1. The molecule has 1 aliphatic rings. The van der Waals surface area contributed by atoms with E-state index in [0.29, 0.717) is 25.6 Å². The number of Topliss-reactive ketones (excluding diaryl/α,β-unsaturated/α-hetero) is 1. The average Bonchev–Trinajstić information content (AvgIpc) is 2.90. The minimum atomic E-state index is -3.67. The largest absolute Gasteiger partial charge is 0.370 e. The number of nitrogens with zero attached hydrogens (tertiary/aromatic N) is 1. The Hall–Kier alpha value is -2.86. The number of aromatic nitrogens is 1. The number of aryl methyl sites for hydroxylation is 1. The standard InChI is InChI=1S/C15H14F2N4O2.CH4O3S/c16-9-5-7-11(22)3-1-2-4-21-10(14(23)20-15(18)19)6-8(12(9)17)13(7)21;1-5(2,3)4/h5-6H,1-4H2,(H4,18,19,20,23);1H3,(H,2,3,4). The highest BCUT2D eigenvalue weighted by Gasteiger charge is 2.26. The molecule has 2 aromatic rings. The van der Waals surface area contributed by atoms with Crippen LogP contribution in [0.5, 0.6) is 0 Å². The van der Waals surface area contributed by atoms with Crippen LogP contribution in [0.1, 0.15) is 40.1 Å². The van der Waals surface area contributed by atoms with Crippen molar-refractivity contribution in [3.05, 3.63) is 35.0 Å². The molecule has 0 spiro atoms. The third kappa shape index (κ3) is 4.89. The van der Waals surface area contributed by atoms with Gasteiger partial charge in [0.15, 0.2) is 23.4 Å². The maximum atomic E-state index is 14.1. The Morgan fingerprint density at radius 2 is 1.93 bits per heavy atom. The van der Waals surface area contributed by atoms with Crippen molar-refractivity contribution in [3.63, 3.8) is 0 Å². The van der Waals surface area contributed by atoms with Crippen LogP contribution in [-0.4, -0.2) is 41.4 Å². The van der Waals surface area contributed by atoms with E-state index in [9.17, 15) is 26.8 Å². The summed E-state index contributed by atoms with van der Waals surface area (Å²) in [6.45, 7) is 0.384. The first-order chi connectivity index (χ1) is 12.9. The van der Waals surface area contributed by atoms with Crippen molar-refractivity contribution < 1.29 is 31.3 Å². The summed E-state index contributed by atoms with van der Waals surface area (Å²) in [6, 6.07) is 2.07. The monoisotopic (exact) mass is 416 g/mol. The number of guanidine groups is 1. The van der Waals surface area contributed by atoms with Crippen LogP contribution in [0, 0.1) is 17.0 Å². The first kappa shape index (κ1) is 21.4. The Morgan fingerprint density at radius 1 is 1.32 bits per heavy atom. The van der Waals surface area contributed by atoms with Gasteiger partial charge < -0.3 is 10.3 Å². The van der Waals surface area contributed by atoms with E-state index in [0.717, 1.165) is 6.07 Å². The van der Waals surface area contributed by atoms with Crippen molar-refractivity contribution >= 4 is 38.7 Å². The van der Waals surface area contributed by atoms with E-state index in [-0.39, 0.29) is 34.4 Å². The van der Waals surface area contributed by atoms with E-state index >= 15 is 0 Å². The molecule has 0 fully saturated rings. The number of benzene rings is 1. The maximum Gasteiger partial charge on any atom is 0.274 e. The van der Waals surface area contributed by atoms with E-state index < -0.39 is 33.6 Å². The van der Waals surface area contributed by atoms with E-state index in [1.807, 2.05) is 0 Å². The molecule has 152 valence electrons. The van der Waals surface area contributed by atoms with Crippen LogP contribution in [0.15, 0.2) is 12.1 Å². The van der Waals surface area contributed by atoms with Gasteiger partial charge in [0.05, 0.1) is 11.8 Å². The molecule has 12 heteroatoms. The predicted octanol–water partition coefficient (Wildman–Crippen LogP) is 1.41. The first-order valence-electron chi connectivity index (χ1n) is 8.02. The molecule has 3 rings (SSSR count). The second-order valence-electron chi connectivity index (χ2n) is 6.14. The van der Waals surface area contributed by atoms with Gasteiger partial charge in [-0.25, -0.2) is 8.78 Å². The molecule has 2 heterocycles. The molecule has 0 aliphatic carbocycles. The van der Waals surface area contributed by atoms with Crippen molar-refractivity contribution in [3.8, 4) is 0 Å². The number of amides is 1. The number of ketones is 1. The smallest absolute Gasteiger partial charge is 0.274 e. The molecule has 0 radical (unpaired) electrons. The first-order valence-corrected chi connectivity index (χ1v) is 9.87. The van der Waals surface area contributed by atoms with Gasteiger partial charge in [0, 0.05) is 23.9 Å². The highest BCUT2D eigenvalue weighted by molar-refractivity contribution is 7.85. The third-order valence-corrected chi connectivity index (χ3v) is 3.89. The molecule has 5 N–H and O–H groups in total. The lowest BCUT2D eigenvalue weighted by Crippen LogP contribution is -2.36. The summed E-state index contributed by atoms with van der Waals surface area (Å²) in [7, 11) is -3.67. The topological polar surface area (TPSA) is 155 Å². The molecule has 1 aromatic carbocycles. The van der Waals surface area contributed by atoms with E-state index in [2.05, 4.69) is 5.32 Å². The van der Waals surface area contributed by atoms with Crippen molar-refractivity contribution in [1.82, 2.24) is 9.88 Å². The minimum Gasteiger partial charge on any atom is -0.370 e. The Bertz CT molecular complexity index is 1070. The number of nitrogens with one attached hydrogen (secondary N) is 2. The van der Waals surface area contributed by atoms with Crippen molar-refractivity contribution in [2.75, 3.05) is 6.26 Å². The summed E-state index contributed by atoms with van der Waals surface area (Å²) in [5, 5.41) is 9.13. The van der Waals surface area contributed by atoms with Crippen LogP contribution in [0.3, 0.4) is 0 Å². The van der Waals surface area contributed by atoms with Crippen LogP contribution >= 0.6 is 0 Å². The second kappa shape index (κ2) is 8.02. The zero-order chi connectivity index (χ0) is 21.2. The lowest BCUT2D eigenvalue weighted by Gasteiger charge is -2.15. The van der Waals surface area contributed by atoms with Crippen molar-refractivity contribution in [2.45, 2.75) is 25.8 Å². The molecule has 0 saturated carbocycles. The van der Waals surface area contributed by atoms with Crippen LogP contribution in [-0.2, 0) is 16.7 Å². The number of rotatable bonds is 1. The Morgan fingerprint density at radius 3 is 2.50 bits per heavy atom. The zero-order valence-electron chi connectivity index (χ0n) is 14.8. The molecular weight excluding hydrogens is 398 g/mol. The van der Waals surface area contributed by atoms with Gasteiger partial charge in [0.2, 0.25) is 0 Å². The SMILES string of the molecule is CS(=O)(=O)O.N=C(N)NC(=O)c1cc2c(F)c(F)cc3c2n1CCCCC3=O. The summed E-state index contributed by atoms with van der Waals surface area (Å²) >= 11 is 0. The molecule has 9 nitrogen and oxygen atoms in total. The number of nitrogens with two attached hydrogens (primary N) is 1. The highest BCUT2D eigenvalue weighted by Crippen LogP contribution is 2.31. The fourth-order valence-electron chi connectivity index (χ4n) is 2.90. The van der Waals surface area contributed by atoms with Gasteiger partial charge in [-0.15, -0.1) is 0 Å². The highest BCUT2D eigenvalue weighted by atomic mass is 32.2. The molecule has 1 aliphatic heterocycles. The van der Waals surface area contributed by atoms with Gasteiger partial charge in [0.1, 0.15) is 5.69 Å². The van der Waals surface area contributed by atoms with Gasteiger partial charge in [-0.1, -0.05) is 0 Å². The Kier molecular flexibility index (Phi) is 6.14. The number of hydrogen-bond donors (Lipinski definition) is 4. The normalized spacial score (nSPS) is 13.9. The lowest BCUT2D eigenvalue weighted by molar-refractivity contribution is 0.0957. The molecule has 0 atom stereocenters. The van der Waals surface area contributed by atoms with Crippen LogP contribution in [0.25, 0.3) is 10.9 Å². The van der Waals surface area contributed by atoms with Gasteiger partial charge in [-0.3, -0.25) is 24.9 Å². The summed E-state index contributed by atoms with van der Waals surface area (Å²) in [5.74, 6) is -3.77. The van der Waals surface area contributed by atoms with Crippen molar-refractivity contribution in [2.24, 2.45) is 5.73 Å². The summed E-state index contributed by atoms with van der Waals surface area (Å²) in [5.41, 5.74) is 5.46. The summed E-state index contributed by atoms with van der Waals surface area (Å²) in [4.78, 5) is 24.4. The van der Waals surface area contributed by atoms with Crippen LogP contribution < -0.4 is 11.1 Å². The van der Waals surface area contributed by atoms with E-state index in [1.54, 1.807) is 0 Å². The zero-order valence-corrected chi connectivity index (χ0v) is 15.6. The molecule has 0 saturated heterocycles.